The molecule has 0 fully saturated rings. The minimum absolute atomic E-state index is 0. The number of phenols is 1. The predicted octanol–water partition coefficient (Wildman–Crippen LogP) is 4.07. The summed E-state index contributed by atoms with van der Waals surface area (Å²) < 4.78 is 1.74. The molecule has 16 heavy (non-hydrogen) atoms. The van der Waals surface area contributed by atoms with Gasteiger partial charge >= 0.3 is 0 Å². The van der Waals surface area contributed by atoms with E-state index in [2.05, 4.69) is 59.0 Å². The van der Waals surface area contributed by atoms with Crippen LogP contribution in [-0.2, 0) is 0 Å². The van der Waals surface area contributed by atoms with E-state index in [4.69, 9.17) is 5.73 Å². The van der Waals surface area contributed by atoms with E-state index in [1.807, 2.05) is 12.1 Å². The lowest BCUT2D eigenvalue weighted by Crippen LogP contribution is -2.13. The summed E-state index contributed by atoms with van der Waals surface area (Å²) in [5.41, 5.74) is 7.20. The SMILES string of the molecule is CC(C)C[C@@H](N)c1cc(I)c(O)c(I)c1.Cl. The first-order chi connectivity index (χ1) is 6.91. The van der Waals surface area contributed by atoms with Gasteiger partial charge in [-0.15, -0.1) is 12.4 Å². The molecular weight excluding hydrogens is 451 g/mol. The van der Waals surface area contributed by atoms with Crippen molar-refractivity contribution < 1.29 is 5.11 Å². The topological polar surface area (TPSA) is 46.2 Å². The van der Waals surface area contributed by atoms with Gasteiger partial charge in [0.15, 0.2) is 0 Å². The number of rotatable bonds is 3. The van der Waals surface area contributed by atoms with Crippen molar-refractivity contribution in [1.29, 1.82) is 0 Å². The maximum absolute atomic E-state index is 9.64. The van der Waals surface area contributed by atoms with Crippen LogP contribution in [0.4, 0.5) is 0 Å². The van der Waals surface area contributed by atoms with Crippen molar-refractivity contribution in [3.05, 3.63) is 24.8 Å². The van der Waals surface area contributed by atoms with E-state index in [-0.39, 0.29) is 18.4 Å². The van der Waals surface area contributed by atoms with E-state index in [1.54, 1.807) is 0 Å². The third kappa shape index (κ3) is 4.54. The van der Waals surface area contributed by atoms with E-state index >= 15 is 0 Å². The first-order valence-electron chi connectivity index (χ1n) is 4.85. The summed E-state index contributed by atoms with van der Waals surface area (Å²) in [7, 11) is 0. The quantitative estimate of drug-likeness (QED) is 0.659. The summed E-state index contributed by atoms with van der Waals surface area (Å²) in [4.78, 5) is 0. The molecule has 2 nitrogen and oxygen atoms in total. The third-order valence-corrected chi connectivity index (χ3v) is 3.84. The van der Waals surface area contributed by atoms with Gasteiger partial charge in [0.2, 0.25) is 0 Å². The number of benzene rings is 1. The van der Waals surface area contributed by atoms with Crippen LogP contribution in [0, 0.1) is 13.1 Å². The fourth-order valence-electron chi connectivity index (χ4n) is 1.44. The van der Waals surface area contributed by atoms with Gasteiger partial charge in [0.1, 0.15) is 5.75 Å². The number of nitrogens with two attached hydrogens (primary N) is 1. The van der Waals surface area contributed by atoms with Crippen molar-refractivity contribution in [3.63, 3.8) is 0 Å². The molecule has 0 saturated heterocycles. The molecule has 0 spiro atoms. The lowest BCUT2D eigenvalue weighted by Gasteiger charge is -2.15. The maximum Gasteiger partial charge on any atom is 0.142 e. The first kappa shape index (κ1) is 16.7. The molecule has 0 unspecified atom stereocenters. The molecule has 0 amide bonds. The summed E-state index contributed by atoms with van der Waals surface area (Å²) in [5.74, 6) is 0.945. The Hall–Kier alpha value is 0.730. The van der Waals surface area contributed by atoms with E-state index in [9.17, 15) is 5.11 Å². The Bertz CT molecular complexity index is 335. The number of hydrogen-bond acceptors (Lipinski definition) is 2. The summed E-state index contributed by atoms with van der Waals surface area (Å²) in [6.45, 7) is 4.33. The Morgan fingerprint density at radius 2 is 1.69 bits per heavy atom. The van der Waals surface area contributed by atoms with Crippen LogP contribution in [0.25, 0.3) is 0 Å². The summed E-state index contributed by atoms with van der Waals surface area (Å²) >= 11 is 4.26. The van der Waals surface area contributed by atoms with Crippen LogP contribution in [0.2, 0.25) is 0 Å². The van der Waals surface area contributed by atoms with Gasteiger partial charge < -0.3 is 10.8 Å². The van der Waals surface area contributed by atoms with E-state index in [0.29, 0.717) is 11.7 Å². The standard InChI is InChI=1S/C11H15I2NO.ClH/c1-6(2)3-10(14)7-4-8(12)11(15)9(13)5-7;/h4-6,10,15H,3,14H2,1-2H3;1H/t10-;/m1./s1. The van der Waals surface area contributed by atoms with Crippen molar-refractivity contribution in [2.24, 2.45) is 11.7 Å². The minimum Gasteiger partial charge on any atom is -0.506 e. The molecule has 0 saturated carbocycles. The molecule has 1 aromatic rings. The zero-order valence-electron chi connectivity index (χ0n) is 9.21. The minimum atomic E-state index is 0. The van der Waals surface area contributed by atoms with Crippen LogP contribution in [0.1, 0.15) is 31.9 Å². The summed E-state index contributed by atoms with van der Waals surface area (Å²) in [6, 6.07) is 3.99. The largest absolute Gasteiger partial charge is 0.506 e. The molecule has 0 aromatic heterocycles. The molecule has 0 heterocycles. The lowest BCUT2D eigenvalue weighted by atomic mass is 9.98. The molecule has 0 aliphatic heterocycles. The second-order valence-electron chi connectivity index (χ2n) is 4.07. The molecule has 0 aliphatic rings. The van der Waals surface area contributed by atoms with Crippen molar-refractivity contribution in [3.8, 4) is 5.75 Å². The Morgan fingerprint density at radius 3 is 2.06 bits per heavy atom. The molecule has 1 rings (SSSR count). The Morgan fingerprint density at radius 1 is 1.25 bits per heavy atom. The normalized spacial score (nSPS) is 12.4. The zero-order chi connectivity index (χ0) is 11.6. The highest BCUT2D eigenvalue weighted by atomic mass is 127. The van der Waals surface area contributed by atoms with Gasteiger partial charge in [-0.25, -0.2) is 0 Å². The van der Waals surface area contributed by atoms with Crippen LogP contribution in [-0.4, -0.2) is 5.11 Å². The number of aromatic hydroxyl groups is 1. The highest BCUT2D eigenvalue weighted by molar-refractivity contribution is 14.1. The molecule has 3 N–H and O–H groups in total. The van der Waals surface area contributed by atoms with Crippen LogP contribution in [0.3, 0.4) is 0 Å². The van der Waals surface area contributed by atoms with Crippen molar-refractivity contribution >= 4 is 57.6 Å². The number of halogens is 3. The second kappa shape index (κ2) is 7.23. The van der Waals surface area contributed by atoms with Gasteiger partial charge in [0.25, 0.3) is 0 Å². The van der Waals surface area contributed by atoms with E-state index in [0.717, 1.165) is 19.1 Å². The molecule has 92 valence electrons. The fourth-order valence-corrected chi connectivity index (χ4v) is 3.26. The van der Waals surface area contributed by atoms with Crippen molar-refractivity contribution in [2.75, 3.05) is 0 Å². The maximum atomic E-state index is 9.64. The molecule has 0 bridgehead atoms. The van der Waals surface area contributed by atoms with Gasteiger partial charge in [0.05, 0.1) is 7.14 Å². The van der Waals surface area contributed by atoms with Crippen LogP contribution < -0.4 is 5.73 Å². The fraction of sp³-hybridized carbons (Fsp3) is 0.455. The predicted molar refractivity (Wildman–Crippen MR) is 87.2 cm³/mol. The van der Waals surface area contributed by atoms with Gasteiger partial charge in [0, 0.05) is 6.04 Å². The van der Waals surface area contributed by atoms with E-state index in [1.165, 1.54) is 0 Å². The number of hydrogen-bond donors (Lipinski definition) is 2. The average molecular weight is 468 g/mol. The van der Waals surface area contributed by atoms with Gasteiger partial charge in [-0.05, 0) is 75.2 Å². The van der Waals surface area contributed by atoms with Crippen molar-refractivity contribution in [1.82, 2.24) is 0 Å². The second-order valence-corrected chi connectivity index (χ2v) is 6.39. The van der Waals surface area contributed by atoms with Crippen LogP contribution in [0.15, 0.2) is 12.1 Å². The van der Waals surface area contributed by atoms with Gasteiger partial charge in [-0.3, -0.25) is 0 Å². The van der Waals surface area contributed by atoms with Crippen LogP contribution in [0.5, 0.6) is 5.75 Å². The lowest BCUT2D eigenvalue weighted by molar-refractivity contribution is 0.465. The van der Waals surface area contributed by atoms with Gasteiger partial charge in [-0.2, -0.15) is 0 Å². The Kier molecular flexibility index (Phi) is 7.56. The first-order valence-corrected chi connectivity index (χ1v) is 7.01. The Balaban J connectivity index is 0.00000225. The van der Waals surface area contributed by atoms with Gasteiger partial charge in [-0.1, -0.05) is 13.8 Å². The van der Waals surface area contributed by atoms with E-state index < -0.39 is 0 Å². The monoisotopic (exact) mass is 467 g/mol. The zero-order valence-corrected chi connectivity index (χ0v) is 14.3. The summed E-state index contributed by atoms with van der Waals surface area (Å²) in [6.07, 6.45) is 0.969. The molecule has 1 atom stereocenters. The molecule has 5 heteroatoms. The molecular formula is C11H16ClI2NO. The Labute approximate surface area is 130 Å². The average Bonchev–Trinajstić information content (AvgIpc) is 2.12. The third-order valence-electron chi connectivity index (χ3n) is 2.19. The number of phenolic OH excluding ortho intramolecular Hbond substituents is 1. The molecule has 0 aliphatic carbocycles. The smallest absolute Gasteiger partial charge is 0.142 e. The highest BCUT2D eigenvalue weighted by Gasteiger charge is 2.12. The van der Waals surface area contributed by atoms with Crippen molar-refractivity contribution in [2.45, 2.75) is 26.3 Å². The summed E-state index contributed by atoms with van der Waals surface area (Å²) in [5, 5.41) is 9.64. The highest BCUT2D eigenvalue weighted by Crippen LogP contribution is 2.30. The molecule has 1 aromatic carbocycles. The molecule has 0 radical (unpaired) electrons. The van der Waals surface area contributed by atoms with Crippen LogP contribution >= 0.6 is 57.6 Å².